The first-order valence-corrected chi connectivity index (χ1v) is 12.9. The summed E-state index contributed by atoms with van der Waals surface area (Å²) in [6.07, 6.45) is 4.32. The van der Waals surface area contributed by atoms with Gasteiger partial charge in [-0.25, -0.2) is 0 Å². The normalized spacial score (nSPS) is 30.3. The van der Waals surface area contributed by atoms with Crippen LogP contribution in [-0.2, 0) is 16.1 Å². The number of cyclic esters (lactones) is 1. The van der Waals surface area contributed by atoms with Crippen LogP contribution >= 0.6 is 0 Å². The van der Waals surface area contributed by atoms with E-state index >= 15 is 0 Å². The molecule has 33 heavy (non-hydrogen) atoms. The Labute approximate surface area is 202 Å². The lowest BCUT2D eigenvalue weighted by atomic mass is 9.65. The zero-order valence-electron chi connectivity index (χ0n) is 22.3. The van der Waals surface area contributed by atoms with Crippen molar-refractivity contribution in [3.8, 4) is 5.75 Å². The number of methoxy groups -OCH3 is 1. The minimum atomic E-state index is -0.149. The smallest absolute Gasteiger partial charge is 0.323 e. The molecule has 1 aliphatic carbocycles. The van der Waals surface area contributed by atoms with Gasteiger partial charge in [-0.2, -0.15) is 0 Å². The number of para-hydroxylation sites is 1. The van der Waals surface area contributed by atoms with Crippen LogP contribution in [0, 0.1) is 36.0 Å². The van der Waals surface area contributed by atoms with E-state index in [1.807, 2.05) is 32.9 Å². The number of benzene rings is 1. The Morgan fingerprint density at radius 2 is 1.94 bits per heavy atom. The molecule has 2 aliphatic heterocycles. The van der Waals surface area contributed by atoms with Gasteiger partial charge in [0.1, 0.15) is 11.8 Å². The van der Waals surface area contributed by atoms with Gasteiger partial charge in [0, 0.05) is 24.6 Å². The summed E-state index contributed by atoms with van der Waals surface area (Å²) in [6, 6.07) is 5.95. The maximum absolute atomic E-state index is 12.0. The van der Waals surface area contributed by atoms with E-state index in [1.165, 1.54) is 19.3 Å². The van der Waals surface area contributed by atoms with Crippen LogP contribution in [0.1, 0.15) is 71.9 Å². The van der Waals surface area contributed by atoms with Crippen LogP contribution < -0.4 is 10.5 Å². The first-order chi connectivity index (χ1) is 15.7. The molecule has 1 aromatic carbocycles. The summed E-state index contributed by atoms with van der Waals surface area (Å²) in [4.78, 5) is 14.2. The molecule has 0 amide bonds. The molecule has 5 heteroatoms. The van der Waals surface area contributed by atoms with Crippen LogP contribution in [0.5, 0.6) is 5.75 Å². The van der Waals surface area contributed by atoms with Gasteiger partial charge in [0.25, 0.3) is 0 Å². The first-order valence-electron chi connectivity index (χ1n) is 12.9. The molecule has 1 saturated carbocycles. The topological polar surface area (TPSA) is 64.8 Å². The third-order valence-corrected chi connectivity index (χ3v) is 8.27. The zero-order valence-corrected chi connectivity index (χ0v) is 22.3. The van der Waals surface area contributed by atoms with Gasteiger partial charge in [0.15, 0.2) is 0 Å². The SMILES string of the molecule is CC.CC1CCCC(C)(C)[C@H]1C.COc1c(C)cccc1CN1CC(CN)[C@H]2COC(=O)[C@H]21. The van der Waals surface area contributed by atoms with Crippen molar-refractivity contribution in [3.05, 3.63) is 29.3 Å². The molecule has 0 spiro atoms. The van der Waals surface area contributed by atoms with Gasteiger partial charge in [0.05, 0.1) is 13.7 Å². The number of carbonyl (C=O) groups excluding carboxylic acids is 1. The molecule has 0 bridgehead atoms. The molecule has 3 fully saturated rings. The molecular formula is C28H48N2O3. The second-order valence-corrected chi connectivity index (χ2v) is 10.6. The van der Waals surface area contributed by atoms with Crippen molar-refractivity contribution in [2.24, 2.45) is 34.8 Å². The minimum absolute atomic E-state index is 0.109. The van der Waals surface area contributed by atoms with Gasteiger partial charge in [-0.05, 0) is 48.6 Å². The van der Waals surface area contributed by atoms with Crippen molar-refractivity contribution in [3.63, 3.8) is 0 Å². The van der Waals surface area contributed by atoms with Crippen molar-refractivity contribution in [1.82, 2.24) is 4.90 Å². The highest BCUT2D eigenvalue weighted by Crippen LogP contribution is 2.43. The highest BCUT2D eigenvalue weighted by Gasteiger charge is 2.50. The average Bonchev–Trinajstić information content (AvgIpc) is 3.35. The lowest BCUT2D eigenvalue weighted by Crippen LogP contribution is -2.35. The van der Waals surface area contributed by atoms with Crippen LogP contribution in [0.3, 0.4) is 0 Å². The largest absolute Gasteiger partial charge is 0.496 e. The standard InChI is InChI=1S/C16H22N2O3.C10H20.C2H6/c1-10-4-3-5-11(15(10)20-2)7-18-8-12(6-17)13-9-21-16(19)14(13)18;1-8-6-5-7-10(3,4)9(8)2;1-2/h3-5,12-14H,6-9,17H2,1-2H3;8-9H,5-7H2,1-4H3;1-2H3/t12?,13-,14+;8?,9-;/m10./s1. The van der Waals surface area contributed by atoms with E-state index in [1.54, 1.807) is 7.11 Å². The lowest BCUT2D eigenvalue weighted by molar-refractivity contribution is -0.142. The fourth-order valence-corrected chi connectivity index (χ4v) is 5.78. The van der Waals surface area contributed by atoms with Gasteiger partial charge in [0.2, 0.25) is 0 Å². The third kappa shape index (κ3) is 6.30. The Bertz CT molecular complexity index is 764. The Kier molecular flexibility index (Phi) is 10.2. The molecule has 5 nitrogen and oxygen atoms in total. The van der Waals surface area contributed by atoms with Crippen molar-refractivity contribution in [2.75, 3.05) is 26.8 Å². The molecule has 2 saturated heterocycles. The second kappa shape index (κ2) is 12.2. The lowest BCUT2D eigenvalue weighted by Gasteiger charge is -2.40. The summed E-state index contributed by atoms with van der Waals surface area (Å²) >= 11 is 0. The third-order valence-electron chi connectivity index (χ3n) is 8.27. The predicted molar refractivity (Wildman–Crippen MR) is 136 cm³/mol. The highest BCUT2D eigenvalue weighted by atomic mass is 16.5. The fourth-order valence-electron chi connectivity index (χ4n) is 5.78. The number of nitrogens with zero attached hydrogens (tertiary/aromatic N) is 1. The Hall–Kier alpha value is -1.59. The first kappa shape index (κ1) is 27.7. The molecule has 2 heterocycles. The number of likely N-dealkylation sites (tertiary alicyclic amines) is 1. The molecular weight excluding hydrogens is 412 g/mol. The number of ether oxygens (including phenoxy) is 2. The minimum Gasteiger partial charge on any atom is -0.496 e. The van der Waals surface area contributed by atoms with Crippen LogP contribution in [0.15, 0.2) is 18.2 Å². The van der Waals surface area contributed by atoms with E-state index in [-0.39, 0.29) is 17.9 Å². The van der Waals surface area contributed by atoms with E-state index in [0.29, 0.717) is 31.0 Å². The van der Waals surface area contributed by atoms with E-state index < -0.39 is 0 Å². The van der Waals surface area contributed by atoms with E-state index in [9.17, 15) is 4.79 Å². The quantitative estimate of drug-likeness (QED) is 0.607. The van der Waals surface area contributed by atoms with Gasteiger partial charge < -0.3 is 15.2 Å². The van der Waals surface area contributed by atoms with Crippen molar-refractivity contribution in [2.45, 2.75) is 80.3 Å². The fraction of sp³-hybridized carbons (Fsp3) is 0.750. The summed E-state index contributed by atoms with van der Waals surface area (Å²) in [5, 5.41) is 0. The maximum atomic E-state index is 12.0. The van der Waals surface area contributed by atoms with Crippen LogP contribution in [0.4, 0.5) is 0 Å². The molecule has 5 atom stereocenters. The second-order valence-electron chi connectivity index (χ2n) is 10.6. The number of carbonyl (C=O) groups is 1. The number of esters is 1. The predicted octanol–water partition coefficient (Wildman–Crippen LogP) is 5.43. The van der Waals surface area contributed by atoms with Crippen LogP contribution in [-0.4, -0.2) is 43.7 Å². The number of nitrogens with two attached hydrogens (primary N) is 1. The van der Waals surface area contributed by atoms with Crippen molar-refractivity contribution < 1.29 is 14.3 Å². The van der Waals surface area contributed by atoms with Gasteiger partial charge in [-0.15, -0.1) is 0 Å². The summed E-state index contributed by atoms with van der Waals surface area (Å²) < 4.78 is 10.7. The van der Waals surface area contributed by atoms with Gasteiger partial charge >= 0.3 is 5.97 Å². The van der Waals surface area contributed by atoms with Crippen molar-refractivity contribution in [1.29, 1.82) is 0 Å². The molecule has 4 rings (SSSR count). The Morgan fingerprint density at radius 3 is 2.52 bits per heavy atom. The van der Waals surface area contributed by atoms with Crippen molar-refractivity contribution >= 4 is 5.97 Å². The number of aryl methyl sites for hydroxylation is 1. The monoisotopic (exact) mass is 460 g/mol. The maximum Gasteiger partial charge on any atom is 0.323 e. The Morgan fingerprint density at radius 1 is 1.24 bits per heavy atom. The molecule has 2 N–H and O–H groups in total. The van der Waals surface area contributed by atoms with E-state index in [0.717, 1.165) is 35.3 Å². The molecule has 0 radical (unpaired) electrons. The number of hydrogen-bond donors (Lipinski definition) is 1. The number of hydrogen-bond acceptors (Lipinski definition) is 5. The molecule has 3 aliphatic rings. The van der Waals surface area contributed by atoms with Gasteiger partial charge in [-0.1, -0.05) is 72.6 Å². The van der Waals surface area contributed by atoms with E-state index in [2.05, 4.69) is 38.7 Å². The summed E-state index contributed by atoms with van der Waals surface area (Å²) in [5.74, 6) is 3.22. The molecule has 1 aromatic rings. The molecule has 2 unspecified atom stereocenters. The van der Waals surface area contributed by atoms with Crippen LogP contribution in [0.2, 0.25) is 0 Å². The average molecular weight is 461 g/mol. The summed E-state index contributed by atoms with van der Waals surface area (Å²) in [7, 11) is 1.69. The van der Waals surface area contributed by atoms with E-state index in [4.69, 9.17) is 15.2 Å². The molecule has 188 valence electrons. The zero-order chi connectivity index (χ0) is 24.8. The Balaban J connectivity index is 0.000000270. The number of rotatable bonds is 4. The number of fused-ring (bicyclic) bond motifs is 1. The summed E-state index contributed by atoms with van der Waals surface area (Å²) in [5.41, 5.74) is 8.67. The van der Waals surface area contributed by atoms with Gasteiger partial charge in [-0.3, -0.25) is 9.69 Å². The molecule has 0 aromatic heterocycles. The summed E-state index contributed by atoms with van der Waals surface area (Å²) in [6.45, 7) is 18.3. The van der Waals surface area contributed by atoms with Crippen LogP contribution in [0.25, 0.3) is 0 Å². The highest BCUT2D eigenvalue weighted by molar-refractivity contribution is 5.78.